The maximum absolute atomic E-state index is 11.8. The van der Waals surface area contributed by atoms with Crippen molar-refractivity contribution in [2.75, 3.05) is 18.5 Å². The topological polar surface area (TPSA) is 64.6 Å². The molecule has 0 spiro atoms. The number of ether oxygens (including phenoxy) is 2. The SMILES string of the molecule is CC(C)c1ccccc1OCC(=O)OCC(=O)Nc1ccc(Cl)c(Cl)c1. The van der Waals surface area contributed by atoms with Crippen LogP contribution in [0.25, 0.3) is 0 Å². The third kappa shape index (κ3) is 5.93. The number of halogens is 2. The molecular weight excluding hydrogens is 377 g/mol. The lowest BCUT2D eigenvalue weighted by Gasteiger charge is -2.13. The molecule has 0 radical (unpaired) electrons. The van der Waals surface area contributed by atoms with Crippen LogP contribution in [0.3, 0.4) is 0 Å². The first-order valence-electron chi connectivity index (χ1n) is 7.99. The minimum atomic E-state index is -0.632. The van der Waals surface area contributed by atoms with Gasteiger partial charge in [-0.25, -0.2) is 4.79 Å². The molecule has 2 rings (SSSR count). The Morgan fingerprint density at radius 2 is 1.77 bits per heavy atom. The number of benzene rings is 2. The van der Waals surface area contributed by atoms with Gasteiger partial charge in [-0.15, -0.1) is 0 Å². The van der Waals surface area contributed by atoms with Crippen molar-refractivity contribution in [2.45, 2.75) is 19.8 Å². The van der Waals surface area contributed by atoms with E-state index in [2.05, 4.69) is 5.32 Å². The highest BCUT2D eigenvalue weighted by molar-refractivity contribution is 6.42. The van der Waals surface area contributed by atoms with Gasteiger partial charge in [0, 0.05) is 5.69 Å². The summed E-state index contributed by atoms with van der Waals surface area (Å²) < 4.78 is 10.4. The second-order valence-corrected chi connectivity index (χ2v) is 6.63. The number of hydrogen-bond donors (Lipinski definition) is 1. The molecule has 0 saturated carbocycles. The number of rotatable bonds is 7. The van der Waals surface area contributed by atoms with Gasteiger partial charge in [0.05, 0.1) is 10.0 Å². The fourth-order valence-electron chi connectivity index (χ4n) is 2.18. The van der Waals surface area contributed by atoms with Crippen LogP contribution in [0.5, 0.6) is 5.75 Å². The molecule has 1 N–H and O–H groups in total. The Morgan fingerprint density at radius 3 is 2.46 bits per heavy atom. The van der Waals surface area contributed by atoms with E-state index >= 15 is 0 Å². The maximum Gasteiger partial charge on any atom is 0.344 e. The summed E-state index contributed by atoms with van der Waals surface area (Å²) in [7, 11) is 0. The van der Waals surface area contributed by atoms with Gasteiger partial charge in [0.2, 0.25) is 0 Å². The van der Waals surface area contributed by atoms with Crippen LogP contribution < -0.4 is 10.1 Å². The van der Waals surface area contributed by atoms with Gasteiger partial charge in [0.1, 0.15) is 5.75 Å². The molecule has 0 atom stereocenters. The minimum absolute atomic E-state index is 0.263. The summed E-state index contributed by atoms with van der Waals surface area (Å²) >= 11 is 11.7. The quantitative estimate of drug-likeness (QED) is 0.691. The Balaban J connectivity index is 1.79. The Hall–Kier alpha value is -2.24. The molecule has 0 aromatic heterocycles. The summed E-state index contributed by atoms with van der Waals surface area (Å²) in [5.41, 5.74) is 1.46. The van der Waals surface area contributed by atoms with Crippen molar-refractivity contribution in [2.24, 2.45) is 0 Å². The van der Waals surface area contributed by atoms with Gasteiger partial charge in [-0.1, -0.05) is 55.2 Å². The van der Waals surface area contributed by atoms with Crippen molar-refractivity contribution in [1.29, 1.82) is 0 Å². The molecule has 138 valence electrons. The summed E-state index contributed by atoms with van der Waals surface area (Å²) in [4.78, 5) is 23.6. The average molecular weight is 396 g/mol. The van der Waals surface area contributed by atoms with Crippen molar-refractivity contribution in [3.05, 3.63) is 58.1 Å². The van der Waals surface area contributed by atoms with E-state index in [-0.39, 0.29) is 12.5 Å². The monoisotopic (exact) mass is 395 g/mol. The first kappa shape index (κ1) is 20.1. The van der Waals surface area contributed by atoms with Crippen LogP contribution in [0.15, 0.2) is 42.5 Å². The van der Waals surface area contributed by atoms with Gasteiger partial charge in [-0.2, -0.15) is 0 Å². The highest BCUT2D eigenvalue weighted by Crippen LogP contribution is 2.26. The molecule has 0 bridgehead atoms. The summed E-state index contributed by atoms with van der Waals surface area (Å²) in [5, 5.41) is 3.27. The van der Waals surface area contributed by atoms with Crippen molar-refractivity contribution in [3.8, 4) is 5.75 Å². The fraction of sp³-hybridized carbons (Fsp3) is 0.263. The second kappa shape index (κ2) is 9.46. The number of anilines is 1. The molecule has 26 heavy (non-hydrogen) atoms. The van der Waals surface area contributed by atoms with Crippen LogP contribution in [0.4, 0.5) is 5.69 Å². The maximum atomic E-state index is 11.8. The molecule has 0 aliphatic heterocycles. The molecule has 0 aliphatic rings. The summed E-state index contributed by atoms with van der Waals surface area (Å²) in [6.45, 7) is 3.37. The predicted molar refractivity (Wildman–Crippen MR) is 102 cm³/mol. The molecule has 7 heteroatoms. The molecule has 0 heterocycles. The number of para-hydroxylation sites is 1. The fourth-order valence-corrected chi connectivity index (χ4v) is 2.48. The van der Waals surface area contributed by atoms with Crippen LogP contribution in [0.2, 0.25) is 10.0 Å². The van der Waals surface area contributed by atoms with E-state index in [9.17, 15) is 9.59 Å². The molecule has 2 aromatic rings. The van der Waals surface area contributed by atoms with E-state index in [1.807, 2.05) is 32.0 Å². The Labute approximate surface area is 162 Å². The molecule has 5 nitrogen and oxygen atoms in total. The van der Waals surface area contributed by atoms with Gasteiger partial charge < -0.3 is 14.8 Å². The largest absolute Gasteiger partial charge is 0.482 e. The third-order valence-electron chi connectivity index (χ3n) is 3.45. The summed E-state index contributed by atoms with van der Waals surface area (Å²) in [6.07, 6.45) is 0. The van der Waals surface area contributed by atoms with Gasteiger partial charge >= 0.3 is 5.97 Å². The van der Waals surface area contributed by atoms with Gasteiger partial charge in [0.25, 0.3) is 5.91 Å². The molecule has 0 unspecified atom stereocenters. The highest BCUT2D eigenvalue weighted by atomic mass is 35.5. The number of carbonyl (C=O) groups excluding carboxylic acids is 2. The zero-order chi connectivity index (χ0) is 19.1. The predicted octanol–water partition coefficient (Wildman–Crippen LogP) is 4.68. The summed E-state index contributed by atoms with van der Waals surface area (Å²) in [5.74, 6) is -0.230. The Morgan fingerprint density at radius 1 is 1.04 bits per heavy atom. The van der Waals surface area contributed by atoms with Crippen molar-refractivity contribution < 1.29 is 19.1 Å². The van der Waals surface area contributed by atoms with Crippen molar-refractivity contribution in [3.63, 3.8) is 0 Å². The van der Waals surface area contributed by atoms with Crippen molar-refractivity contribution >= 4 is 40.8 Å². The Kier molecular flexibility index (Phi) is 7.30. The van der Waals surface area contributed by atoms with Crippen LogP contribution >= 0.6 is 23.2 Å². The zero-order valence-electron chi connectivity index (χ0n) is 14.4. The summed E-state index contributed by atoms with van der Waals surface area (Å²) in [6, 6.07) is 12.1. The number of esters is 1. The number of nitrogens with one attached hydrogen (secondary N) is 1. The van der Waals surface area contributed by atoms with Crippen molar-refractivity contribution in [1.82, 2.24) is 0 Å². The van der Waals surface area contributed by atoms with Crippen LogP contribution in [0.1, 0.15) is 25.3 Å². The van der Waals surface area contributed by atoms with Gasteiger partial charge in [-0.3, -0.25) is 4.79 Å². The lowest BCUT2D eigenvalue weighted by atomic mass is 10.0. The standard InChI is InChI=1S/C19H19Cl2NO4/c1-12(2)14-5-3-4-6-17(14)25-11-19(24)26-10-18(23)22-13-7-8-15(20)16(21)9-13/h3-9,12H,10-11H2,1-2H3,(H,22,23). The van der Waals surface area contributed by atoms with E-state index in [4.69, 9.17) is 32.7 Å². The molecule has 0 aliphatic carbocycles. The van der Waals surface area contributed by atoms with E-state index in [0.29, 0.717) is 21.5 Å². The molecule has 1 amide bonds. The number of hydrogen-bond acceptors (Lipinski definition) is 4. The van der Waals surface area contributed by atoms with Gasteiger partial charge in [0.15, 0.2) is 13.2 Å². The number of carbonyl (C=O) groups is 2. The third-order valence-corrected chi connectivity index (χ3v) is 4.19. The average Bonchev–Trinajstić information content (AvgIpc) is 2.61. The highest BCUT2D eigenvalue weighted by Gasteiger charge is 2.12. The van der Waals surface area contributed by atoms with E-state index in [0.717, 1.165) is 5.56 Å². The van der Waals surface area contributed by atoms with Crippen LogP contribution in [0, 0.1) is 0 Å². The first-order chi connectivity index (χ1) is 12.4. The van der Waals surface area contributed by atoms with Gasteiger partial charge in [-0.05, 0) is 35.7 Å². The molecule has 2 aromatic carbocycles. The van der Waals surface area contributed by atoms with E-state index < -0.39 is 18.5 Å². The molecule has 0 fully saturated rings. The molecule has 0 saturated heterocycles. The zero-order valence-corrected chi connectivity index (χ0v) is 15.9. The molecular formula is C19H19Cl2NO4. The lowest BCUT2D eigenvalue weighted by molar-refractivity contribution is -0.149. The Bertz CT molecular complexity index is 793. The van der Waals surface area contributed by atoms with E-state index in [1.54, 1.807) is 18.2 Å². The number of amides is 1. The smallest absolute Gasteiger partial charge is 0.344 e. The van der Waals surface area contributed by atoms with Crippen LogP contribution in [-0.4, -0.2) is 25.1 Å². The normalized spacial score (nSPS) is 10.5. The van der Waals surface area contributed by atoms with Crippen LogP contribution in [-0.2, 0) is 14.3 Å². The minimum Gasteiger partial charge on any atom is -0.482 e. The first-order valence-corrected chi connectivity index (χ1v) is 8.74. The lowest BCUT2D eigenvalue weighted by Crippen LogP contribution is -2.23. The second-order valence-electron chi connectivity index (χ2n) is 5.82. The van der Waals surface area contributed by atoms with E-state index in [1.165, 1.54) is 6.07 Å².